The molecule has 0 radical (unpaired) electrons. The molecule has 1 aliphatic heterocycles. The Balaban J connectivity index is 2.00. The summed E-state index contributed by atoms with van der Waals surface area (Å²) in [5.74, 6) is 1.10. The van der Waals surface area contributed by atoms with Gasteiger partial charge < -0.3 is 0 Å². The Morgan fingerprint density at radius 1 is 1.40 bits per heavy atom. The molecule has 1 aromatic heterocycles. The number of carbonyl (C=O) groups excluding carboxylic acids is 1. The number of pyridine rings is 1. The molecule has 1 aromatic carbocycles. The zero-order valence-corrected chi connectivity index (χ0v) is 12.1. The summed E-state index contributed by atoms with van der Waals surface area (Å²) < 4.78 is 0. The highest BCUT2D eigenvalue weighted by Gasteiger charge is 2.26. The van der Waals surface area contributed by atoms with Crippen molar-refractivity contribution in [2.75, 3.05) is 11.4 Å². The number of fused-ring (bicyclic) bond motifs is 2. The van der Waals surface area contributed by atoms with Crippen molar-refractivity contribution in [1.29, 1.82) is 0 Å². The molecule has 1 amide bonds. The Kier molecular flexibility index (Phi) is 3.43. The Morgan fingerprint density at radius 3 is 3.05 bits per heavy atom. The summed E-state index contributed by atoms with van der Waals surface area (Å²) in [6, 6.07) is 8.42. The molecule has 2 aromatic rings. The van der Waals surface area contributed by atoms with Crippen molar-refractivity contribution in [2.45, 2.75) is 39.5 Å². The van der Waals surface area contributed by atoms with Crippen molar-refractivity contribution in [3.63, 3.8) is 0 Å². The Hall–Kier alpha value is -1.90. The average molecular weight is 268 g/mol. The minimum atomic E-state index is 0.214. The van der Waals surface area contributed by atoms with Crippen molar-refractivity contribution in [1.82, 2.24) is 4.98 Å². The van der Waals surface area contributed by atoms with Crippen LogP contribution in [0.4, 0.5) is 5.82 Å². The van der Waals surface area contributed by atoms with E-state index in [1.54, 1.807) is 0 Å². The van der Waals surface area contributed by atoms with E-state index in [9.17, 15) is 4.79 Å². The van der Waals surface area contributed by atoms with E-state index in [0.717, 1.165) is 42.7 Å². The normalized spacial score (nSPS) is 13.8. The number of nitrogens with zero attached hydrogens (tertiary/aromatic N) is 2. The highest BCUT2D eigenvalue weighted by atomic mass is 16.2. The molecular formula is C17H20N2O. The van der Waals surface area contributed by atoms with Gasteiger partial charge in [0.05, 0.1) is 5.52 Å². The summed E-state index contributed by atoms with van der Waals surface area (Å²) in [7, 11) is 0. The van der Waals surface area contributed by atoms with Crippen LogP contribution in [0, 0.1) is 6.92 Å². The van der Waals surface area contributed by atoms with Crippen LogP contribution < -0.4 is 4.90 Å². The fourth-order valence-corrected chi connectivity index (χ4v) is 2.84. The molecule has 0 unspecified atom stereocenters. The van der Waals surface area contributed by atoms with Crippen LogP contribution in [0.2, 0.25) is 0 Å². The summed E-state index contributed by atoms with van der Waals surface area (Å²) in [5, 5.41) is 1.17. The summed E-state index contributed by atoms with van der Waals surface area (Å²) in [4.78, 5) is 18.9. The summed E-state index contributed by atoms with van der Waals surface area (Å²) in [6.07, 6.45) is 3.56. The first-order chi connectivity index (χ1) is 9.70. The predicted octanol–water partition coefficient (Wildman–Crippen LogP) is 3.62. The minimum Gasteiger partial charge on any atom is -0.296 e. The maximum atomic E-state index is 12.3. The van der Waals surface area contributed by atoms with E-state index < -0.39 is 0 Å². The first-order valence-electron chi connectivity index (χ1n) is 7.40. The number of rotatable bonds is 3. The van der Waals surface area contributed by atoms with Gasteiger partial charge in [0.1, 0.15) is 5.82 Å². The van der Waals surface area contributed by atoms with Gasteiger partial charge in [-0.15, -0.1) is 0 Å². The molecule has 20 heavy (non-hydrogen) atoms. The smallest absolute Gasteiger partial charge is 0.228 e. The maximum absolute atomic E-state index is 12.3. The standard InChI is InChI=1S/C17H20N2O/c1-3-4-8-15(20)19-10-9-14-11-13-7-5-6-12(2)16(13)18-17(14)19/h5-7,11H,3-4,8-10H2,1-2H3. The van der Waals surface area contributed by atoms with Crippen LogP contribution in [0.5, 0.6) is 0 Å². The number of benzene rings is 1. The third kappa shape index (κ3) is 2.17. The lowest BCUT2D eigenvalue weighted by Gasteiger charge is -2.16. The Bertz CT molecular complexity index is 663. The highest BCUT2D eigenvalue weighted by molar-refractivity contribution is 5.96. The second-order valence-corrected chi connectivity index (χ2v) is 5.52. The number of aromatic nitrogens is 1. The first kappa shape index (κ1) is 13.1. The monoisotopic (exact) mass is 268 g/mol. The van der Waals surface area contributed by atoms with Gasteiger partial charge in [0.25, 0.3) is 0 Å². The third-order valence-electron chi connectivity index (χ3n) is 4.01. The van der Waals surface area contributed by atoms with E-state index >= 15 is 0 Å². The number of hydrogen-bond acceptors (Lipinski definition) is 2. The van der Waals surface area contributed by atoms with Crippen LogP contribution in [0.25, 0.3) is 10.9 Å². The summed E-state index contributed by atoms with van der Waals surface area (Å²) >= 11 is 0. The van der Waals surface area contributed by atoms with Gasteiger partial charge in [-0.05, 0) is 37.0 Å². The summed E-state index contributed by atoms with van der Waals surface area (Å²) in [5.41, 5.74) is 3.38. The lowest BCUT2D eigenvalue weighted by Crippen LogP contribution is -2.29. The van der Waals surface area contributed by atoms with Gasteiger partial charge in [-0.3, -0.25) is 9.69 Å². The van der Waals surface area contributed by atoms with Crippen LogP contribution in [0.1, 0.15) is 37.3 Å². The Labute approximate surface area is 119 Å². The van der Waals surface area contributed by atoms with Crippen LogP contribution in [-0.2, 0) is 11.2 Å². The predicted molar refractivity (Wildman–Crippen MR) is 82.1 cm³/mol. The third-order valence-corrected chi connectivity index (χ3v) is 4.01. The van der Waals surface area contributed by atoms with Crippen molar-refractivity contribution in [2.24, 2.45) is 0 Å². The van der Waals surface area contributed by atoms with E-state index in [0.29, 0.717) is 6.42 Å². The molecule has 0 spiro atoms. The molecule has 3 nitrogen and oxygen atoms in total. The molecule has 0 saturated heterocycles. The number of aryl methyl sites for hydroxylation is 1. The van der Waals surface area contributed by atoms with Gasteiger partial charge in [-0.1, -0.05) is 31.5 Å². The fourth-order valence-electron chi connectivity index (χ4n) is 2.84. The SMILES string of the molecule is CCCCC(=O)N1CCc2cc3cccc(C)c3nc21. The fraction of sp³-hybridized carbons (Fsp3) is 0.412. The molecule has 2 heterocycles. The Morgan fingerprint density at radius 2 is 2.25 bits per heavy atom. The number of amides is 1. The number of anilines is 1. The summed E-state index contributed by atoms with van der Waals surface area (Å²) in [6.45, 7) is 4.96. The van der Waals surface area contributed by atoms with Gasteiger partial charge in [0, 0.05) is 18.4 Å². The minimum absolute atomic E-state index is 0.214. The quantitative estimate of drug-likeness (QED) is 0.851. The van der Waals surface area contributed by atoms with Crippen molar-refractivity contribution >= 4 is 22.6 Å². The number of carbonyl (C=O) groups is 1. The molecule has 0 fully saturated rings. The van der Waals surface area contributed by atoms with Crippen molar-refractivity contribution in [3.8, 4) is 0 Å². The zero-order valence-electron chi connectivity index (χ0n) is 12.1. The molecule has 0 N–H and O–H groups in total. The lowest BCUT2D eigenvalue weighted by molar-refractivity contribution is -0.118. The number of hydrogen-bond donors (Lipinski definition) is 0. The lowest BCUT2D eigenvalue weighted by atomic mass is 10.1. The molecule has 0 saturated carbocycles. The first-order valence-corrected chi connectivity index (χ1v) is 7.40. The maximum Gasteiger partial charge on any atom is 0.228 e. The van der Waals surface area contributed by atoms with Gasteiger partial charge in [-0.2, -0.15) is 0 Å². The highest BCUT2D eigenvalue weighted by Crippen LogP contribution is 2.31. The number of para-hydroxylation sites is 1. The molecule has 0 bridgehead atoms. The molecule has 0 aliphatic carbocycles. The van der Waals surface area contributed by atoms with Gasteiger partial charge >= 0.3 is 0 Å². The average Bonchev–Trinajstić information content (AvgIpc) is 2.86. The molecular weight excluding hydrogens is 248 g/mol. The van der Waals surface area contributed by atoms with E-state index in [1.165, 1.54) is 10.9 Å². The molecule has 104 valence electrons. The van der Waals surface area contributed by atoms with Crippen LogP contribution in [-0.4, -0.2) is 17.4 Å². The van der Waals surface area contributed by atoms with E-state index in [-0.39, 0.29) is 5.91 Å². The molecule has 1 aliphatic rings. The van der Waals surface area contributed by atoms with Gasteiger partial charge in [-0.25, -0.2) is 4.98 Å². The second-order valence-electron chi connectivity index (χ2n) is 5.52. The molecule has 3 heteroatoms. The van der Waals surface area contributed by atoms with E-state index in [4.69, 9.17) is 4.98 Å². The van der Waals surface area contributed by atoms with Crippen molar-refractivity contribution < 1.29 is 4.79 Å². The molecule has 3 rings (SSSR count). The van der Waals surface area contributed by atoms with E-state index in [2.05, 4.69) is 38.1 Å². The molecule has 0 atom stereocenters. The van der Waals surface area contributed by atoms with Gasteiger partial charge in [0.15, 0.2) is 0 Å². The van der Waals surface area contributed by atoms with Crippen molar-refractivity contribution in [3.05, 3.63) is 35.4 Å². The van der Waals surface area contributed by atoms with Crippen LogP contribution >= 0.6 is 0 Å². The van der Waals surface area contributed by atoms with Crippen LogP contribution in [0.3, 0.4) is 0 Å². The second kappa shape index (κ2) is 5.23. The zero-order chi connectivity index (χ0) is 14.1. The van der Waals surface area contributed by atoms with Crippen LogP contribution in [0.15, 0.2) is 24.3 Å². The topological polar surface area (TPSA) is 33.2 Å². The largest absolute Gasteiger partial charge is 0.296 e. The number of unbranched alkanes of at least 4 members (excludes halogenated alkanes) is 1. The van der Waals surface area contributed by atoms with E-state index in [1.807, 2.05) is 4.90 Å². The van der Waals surface area contributed by atoms with Gasteiger partial charge in [0.2, 0.25) is 5.91 Å².